The van der Waals surface area contributed by atoms with Crippen molar-refractivity contribution in [1.82, 2.24) is 14.7 Å². The lowest BCUT2D eigenvalue weighted by atomic mass is 10.1. The van der Waals surface area contributed by atoms with Crippen molar-refractivity contribution in [2.45, 2.75) is 31.6 Å². The van der Waals surface area contributed by atoms with Gasteiger partial charge in [0.2, 0.25) is 0 Å². The number of ether oxygens (including phenoxy) is 2. The zero-order chi connectivity index (χ0) is 17.6. The highest BCUT2D eigenvalue weighted by Gasteiger charge is 2.28. The number of hydrogen-bond donors (Lipinski definition) is 1. The molecule has 1 aromatic carbocycles. The number of aliphatic hydroxyl groups is 1. The van der Waals surface area contributed by atoms with E-state index in [1.807, 2.05) is 42.2 Å². The number of nitrogens with zero attached hydrogens (tertiary/aromatic N) is 3. The first-order chi connectivity index (χ1) is 12.2. The van der Waals surface area contributed by atoms with E-state index in [2.05, 4.69) is 16.2 Å². The number of benzene rings is 1. The second-order valence-corrected chi connectivity index (χ2v) is 6.62. The van der Waals surface area contributed by atoms with Gasteiger partial charge in [0.05, 0.1) is 32.6 Å². The minimum absolute atomic E-state index is 0.336. The normalized spacial score (nSPS) is 19.2. The van der Waals surface area contributed by atoms with Crippen LogP contribution in [0.3, 0.4) is 0 Å². The zero-order valence-electron chi connectivity index (χ0n) is 15.0. The van der Waals surface area contributed by atoms with Crippen LogP contribution in [0.5, 0.6) is 5.75 Å². The first-order valence-corrected chi connectivity index (χ1v) is 8.77. The molecule has 3 rings (SSSR count). The molecular formula is C19H27N3O3. The van der Waals surface area contributed by atoms with Crippen LogP contribution < -0.4 is 4.74 Å². The van der Waals surface area contributed by atoms with Crippen LogP contribution in [0.1, 0.15) is 30.0 Å². The van der Waals surface area contributed by atoms with Crippen molar-refractivity contribution < 1.29 is 14.6 Å². The van der Waals surface area contributed by atoms with Crippen LogP contribution in [0.2, 0.25) is 0 Å². The van der Waals surface area contributed by atoms with Crippen LogP contribution >= 0.6 is 0 Å². The minimum atomic E-state index is -0.490. The summed E-state index contributed by atoms with van der Waals surface area (Å²) in [5.41, 5.74) is 2.30. The Kier molecular flexibility index (Phi) is 6.07. The molecule has 6 nitrogen and oxygen atoms in total. The van der Waals surface area contributed by atoms with Crippen molar-refractivity contribution in [1.29, 1.82) is 0 Å². The largest absolute Gasteiger partial charge is 0.497 e. The molecule has 1 aliphatic heterocycles. The van der Waals surface area contributed by atoms with E-state index in [-0.39, 0.29) is 0 Å². The summed E-state index contributed by atoms with van der Waals surface area (Å²) < 4.78 is 12.7. The SMILES string of the molecule is COc1ccc(COC[C@@H](O)CN2CCC[C@@H]2c2cnn(C)c2)cc1. The first-order valence-electron chi connectivity index (χ1n) is 8.77. The summed E-state index contributed by atoms with van der Waals surface area (Å²) in [6.45, 7) is 2.46. The number of β-amino-alcohol motifs (C(OH)–C–C–N with tert-alkyl or cyclic N) is 1. The average molecular weight is 345 g/mol. The molecule has 136 valence electrons. The molecule has 2 atom stereocenters. The molecule has 2 aromatic rings. The lowest BCUT2D eigenvalue weighted by Crippen LogP contribution is -2.34. The van der Waals surface area contributed by atoms with Gasteiger partial charge in [0.1, 0.15) is 5.75 Å². The third-order valence-corrected chi connectivity index (χ3v) is 4.66. The van der Waals surface area contributed by atoms with Crippen molar-refractivity contribution in [3.8, 4) is 5.75 Å². The van der Waals surface area contributed by atoms with Crippen LogP contribution in [-0.2, 0) is 18.4 Å². The molecule has 1 saturated heterocycles. The molecule has 0 radical (unpaired) electrons. The van der Waals surface area contributed by atoms with Gasteiger partial charge in [0.15, 0.2) is 0 Å². The van der Waals surface area contributed by atoms with Crippen molar-refractivity contribution in [2.75, 3.05) is 26.8 Å². The molecule has 1 aliphatic rings. The third-order valence-electron chi connectivity index (χ3n) is 4.66. The lowest BCUT2D eigenvalue weighted by molar-refractivity contribution is 0.00770. The number of methoxy groups -OCH3 is 1. The molecule has 1 N–H and O–H groups in total. The highest BCUT2D eigenvalue weighted by Crippen LogP contribution is 2.31. The van der Waals surface area contributed by atoms with Gasteiger partial charge in [-0.3, -0.25) is 9.58 Å². The number of aliphatic hydroxyl groups excluding tert-OH is 1. The number of hydrogen-bond acceptors (Lipinski definition) is 5. The van der Waals surface area contributed by atoms with Crippen LogP contribution in [0, 0.1) is 0 Å². The summed E-state index contributed by atoms with van der Waals surface area (Å²) >= 11 is 0. The molecule has 0 bridgehead atoms. The lowest BCUT2D eigenvalue weighted by Gasteiger charge is -2.26. The Morgan fingerprint density at radius 3 is 2.80 bits per heavy atom. The Morgan fingerprint density at radius 1 is 1.32 bits per heavy atom. The fourth-order valence-electron chi connectivity index (χ4n) is 3.39. The first kappa shape index (κ1) is 17.9. The summed E-state index contributed by atoms with van der Waals surface area (Å²) in [7, 11) is 3.59. The average Bonchev–Trinajstić information content (AvgIpc) is 3.24. The van der Waals surface area contributed by atoms with E-state index in [4.69, 9.17) is 9.47 Å². The number of rotatable bonds is 8. The van der Waals surface area contributed by atoms with Gasteiger partial charge in [-0.1, -0.05) is 12.1 Å². The minimum Gasteiger partial charge on any atom is -0.497 e. The Balaban J connectivity index is 1.44. The van der Waals surface area contributed by atoms with Gasteiger partial charge < -0.3 is 14.6 Å². The molecule has 25 heavy (non-hydrogen) atoms. The van der Waals surface area contributed by atoms with E-state index >= 15 is 0 Å². The van der Waals surface area contributed by atoms with Crippen LogP contribution in [0.15, 0.2) is 36.7 Å². The molecule has 0 spiro atoms. The number of aryl methyl sites for hydroxylation is 1. The summed E-state index contributed by atoms with van der Waals surface area (Å²) in [5.74, 6) is 0.833. The molecule has 6 heteroatoms. The second kappa shape index (κ2) is 8.47. The number of likely N-dealkylation sites (tertiary alicyclic amines) is 1. The van der Waals surface area contributed by atoms with Crippen molar-refractivity contribution in [3.05, 3.63) is 47.8 Å². The third kappa shape index (κ3) is 4.81. The van der Waals surface area contributed by atoms with Crippen LogP contribution in [0.25, 0.3) is 0 Å². The molecule has 1 aromatic heterocycles. The highest BCUT2D eigenvalue weighted by atomic mass is 16.5. The molecule has 0 amide bonds. The Hall–Kier alpha value is -1.89. The van der Waals surface area contributed by atoms with E-state index in [9.17, 15) is 5.11 Å². The summed E-state index contributed by atoms with van der Waals surface area (Å²) in [6.07, 6.45) is 5.77. The van der Waals surface area contributed by atoms with E-state index in [1.165, 1.54) is 5.56 Å². The predicted octanol–water partition coefficient (Wildman–Crippen LogP) is 2.14. The zero-order valence-corrected chi connectivity index (χ0v) is 15.0. The standard InChI is InChI=1S/C19H27N3O3/c1-21-11-16(10-20-21)19-4-3-9-22(19)12-17(23)14-25-13-15-5-7-18(24-2)8-6-15/h5-8,10-11,17,19,23H,3-4,9,12-14H2,1-2H3/t17-,19+/m0/s1. The van der Waals surface area contributed by atoms with Gasteiger partial charge in [-0.05, 0) is 37.1 Å². The van der Waals surface area contributed by atoms with Crippen molar-refractivity contribution in [2.24, 2.45) is 7.05 Å². The smallest absolute Gasteiger partial charge is 0.118 e. The van der Waals surface area contributed by atoms with Gasteiger partial charge in [0, 0.05) is 31.4 Å². The fourth-order valence-corrected chi connectivity index (χ4v) is 3.39. The molecule has 2 heterocycles. The molecule has 0 aliphatic carbocycles. The maximum atomic E-state index is 10.3. The maximum Gasteiger partial charge on any atom is 0.118 e. The topological polar surface area (TPSA) is 59.8 Å². The summed E-state index contributed by atoms with van der Waals surface area (Å²) in [4.78, 5) is 2.33. The van der Waals surface area contributed by atoms with E-state index < -0.39 is 6.10 Å². The maximum absolute atomic E-state index is 10.3. The summed E-state index contributed by atoms with van der Waals surface area (Å²) in [6, 6.07) is 8.13. The quantitative estimate of drug-likeness (QED) is 0.794. The van der Waals surface area contributed by atoms with Gasteiger partial charge in [-0.15, -0.1) is 0 Å². The molecule has 0 unspecified atom stereocenters. The van der Waals surface area contributed by atoms with Crippen LogP contribution in [-0.4, -0.2) is 52.7 Å². The fraction of sp³-hybridized carbons (Fsp3) is 0.526. The van der Waals surface area contributed by atoms with Crippen molar-refractivity contribution >= 4 is 0 Å². The van der Waals surface area contributed by atoms with E-state index in [0.717, 1.165) is 30.7 Å². The number of aromatic nitrogens is 2. The Labute approximate surface area is 149 Å². The Bertz CT molecular complexity index is 656. The summed E-state index contributed by atoms with van der Waals surface area (Å²) in [5, 5.41) is 14.6. The monoisotopic (exact) mass is 345 g/mol. The van der Waals surface area contributed by atoms with Gasteiger partial charge in [-0.25, -0.2) is 0 Å². The highest BCUT2D eigenvalue weighted by molar-refractivity contribution is 5.26. The van der Waals surface area contributed by atoms with Crippen LogP contribution in [0.4, 0.5) is 0 Å². The van der Waals surface area contributed by atoms with Gasteiger partial charge in [0.25, 0.3) is 0 Å². The predicted molar refractivity (Wildman–Crippen MR) is 95.4 cm³/mol. The van der Waals surface area contributed by atoms with E-state index in [1.54, 1.807) is 7.11 Å². The molecule has 1 fully saturated rings. The van der Waals surface area contributed by atoms with Gasteiger partial charge >= 0.3 is 0 Å². The molecule has 0 saturated carbocycles. The van der Waals surface area contributed by atoms with E-state index in [0.29, 0.717) is 25.8 Å². The second-order valence-electron chi connectivity index (χ2n) is 6.62. The Morgan fingerprint density at radius 2 is 2.12 bits per heavy atom. The van der Waals surface area contributed by atoms with Gasteiger partial charge in [-0.2, -0.15) is 5.10 Å². The van der Waals surface area contributed by atoms with Crippen molar-refractivity contribution in [3.63, 3.8) is 0 Å². The molecular weight excluding hydrogens is 318 g/mol.